The van der Waals surface area contributed by atoms with Crippen LogP contribution in [0.4, 0.5) is 10.1 Å². The van der Waals surface area contributed by atoms with Crippen molar-refractivity contribution in [2.24, 2.45) is 0 Å². The molecule has 0 aromatic heterocycles. The third-order valence-corrected chi connectivity index (χ3v) is 2.15. The summed E-state index contributed by atoms with van der Waals surface area (Å²) < 4.78 is 17.3. The van der Waals surface area contributed by atoms with E-state index >= 15 is 0 Å². The van der Waals surface area contributed by atoms with Crippen LogP contribution in [0.1, 0.15) is 6.92 Å². The topological polar surface area (TPSA) is 38.3 Å². The molecule has 1 unspecified atom stereocenters. The van der Waals surface area contributed by atoms with E-state index in [1.807, 2.05) is 0 Å². The van der Waals surface area contributed by atoms with Crippen molar-refractivity contribution in [1.29, 1.82) is 0 Å². The monoisotopic (exact) mass is 231 g/mol. The average Bonchev–Trinajstić information content (AvgIpc) is 2.22. The fourth-order valence-corrected chi connectivity index (χ4v) is 1.25. The van der Waals surface area contributed by atoms with Crippen LogP contribution in [0.3, 0.4) is 0 Å². The molecule has 0 spiro atoms. The number of hydrogen-bond donors (Lipinski definition) is 1. The van der Waals surface area contributed by atoms with Crippen LogP contribution in [0, 0.1) is 5.82 Å². The van der Waals surface area contributed by atoms with E-state index in [4.69, 9.17) is 11.6 Å². The van der Waals surface area contributed by atoms with Gasteiger partial charge in [0.15, 0.2) is 0 Å². The first kappa shape index (κ1) is 11.8. The van der Waals surface area contributed by atoms with E-state index in [2.05, 4.69) is 10.1 Å². The molecule has 15 heavy (non-hydrogen) atoms. The number of benzene rings is 1. The highest BCUT2D eigenvalue weighted by molar-refractivity contribution is 6.31. The quantitative estimate of drug-likeness (QED) is 0.813. The van der Waals surface area contributed by atoms with Crippen LogP contribution in [0.25, 0.3) is 0 Å². The summed E-state index contributed by atoms with van der Waals surface area (Å²) in [6.07, 6.45) is 0. The van der Waals surface area contributed by atoms with Gasteiger partial charge in [-0.3, -0.25) is 0 Å². The summed E-state index contributed by atoms with van der Waals surface area (Å²) in [4.78, 5) is 11.1. The van der Waals surface area contributed by atoms with Crippen LogP contribution >= 0.6 is 11.6 Å². The molecule has 1 rings (SSSR count). The fourth-order valence-electron chi connectivity index (χ4n) is 1.07. The molecule has 1 aromatic rings. The van der Waals surface area contributed by atoms with Gasteiger partial charge in [-0.15, -0.1) is 0 Å². The highest BCUT2D eigenvalue weighted by atomic mass is 35.5. The molecule has 0 saturated carbocycles. The lowest BCUT2D eigenvalue weighted by molar-refractivity contribution is -0.141. The number of carbonyl (C=O) groups is 1. The van der Waals surface area contributed by atoms with Crippen molar-refractivity contribution in [1.82, 2.24) is 0 Å². The first-order chi connectivity index (χ1) is 7.04. The maximum Gasteiger partial charge on any atom is 0.327 e. The Morgan fingerprint density at radius 2 is 2.27 bits per heavy atom. The molecular formula is C10H11ClFNO2. The van der Waals surface area contributed by atoms with Crippen molar-refractivity contribution in [3.8, 4) is 0 Å². The molecule has 0 fully saturated rings. The molecule has 0 saturated heterocycles. The Kier molecular flexibility index (Phi) is 3.91. The molecule has 0 radical (unpaired) electrons. The van der Waals surface area contributed by atoms with Gasteiger partial charge in [-0.05, 0) is 25.1 Å². The van der Waals surface area contributed by atoms with E-state index in [1.165, 1.54) is 25.3 Å². The van der Waals surface area contributed by atoms with Crippen LogP contribution in [0.2, 0.25) is 5.02 Å². The zero-order chi connectivity index (χ0) is 11.4. The minimum absolute atomic E-state index is 0.0112. The lowest BCUT2D eigenvalue weighted by Crippen LogP contribution is -2.27. The number of rotatable bonds is 3. The van der Waals surface area contributed by atoms with Crippen LogP contribution in [0.15, 0.2) is 18.2 Å². The van der Waals surface area contributed by atoms with Crippen molar-refractivity contribution in [2.45, 2.75) is 13.0 Å². The standard InChI is InChI=1S/C10H11ClFNO2/c1-6(10(14)15-2)13-7-3-4-9(12)8(11)5-7/h3-6,13H,1-2H3. The number of hydrogen-bond acceptors (Lipinski definition) is 3. The van der Waals surface area contributed by atoms with Gasteiger partial charge < -0.3 is 10.1 Å². The number of halogens is 2. The van der Waals surface area contributed by atoms with Crippen molar-refractivity contribution in [3.63, 3.8) is 0 Å². The summed E-state index contributed by atoms with van der Waals surface area (Å²) in [5, 5.41) is 2.85. The second kappa shape index (κ2) is 4.98. The van der Waals surface area contributed by atoms with Crippen molar-refractivity contribution >= 4 is 23.3 Å². The molecule has 1 aromatic carbocycles. The molecule has 0 aliphatic rings. The van der Waals surface area contributed by atoms with Gasteiger partial charge >= 0.3 is 5.97 Å². The first-order valence-electron chi connectivity index (χ1n) is 4.34. The summed E-state index contributed by atoms with van der Waals surface area (Å²) in [5.74, 6) is -0.886. The van der Waals surface area contributed by atoms with Crippen LogP contribution in [-0.2, 0) is 9.53 Å². The SMILES string of the molecule is COC(=O)C(C)Nc1ccc(F)c(Cl)c1. The van der Waals surface area contributed by atoms with E-state index in [0.29, 0.717) is 5.69 Å². The first-order valence-corrected chi connectivity index (χ1v) is 4.72. The zero-order valence-electron chi connectivity index (χ0n) is 8.38. The third-order valence-electron chi connectivity index (χ3n) is 1.86. The van der Waals surface area contributed by atoms with Gasteiger partial charge in [0, 0.05) is 5.69 Å². The Balaban J connectivity index is 2.73. The Bertz CT molecular complexity index is 370. The van der Waals surface area contributed by atoms with E-state index in [1.54, 1.807) is 6.92 Å². The fraction of sp³-hybridized carbons (Fsp3) is 0.300. The average molecular weight is 232 g/mol. The predicted octanol–water partition coefficient (Wildman–Crippen LogP) is 2.45. The third kappa shape index (κ3) is 3.09. The maximum absolute atomic E-state index is 12.8. The van der Waals surface area contributed by atoms with Gasteiger partial charge in [0.2, 0.25) is 0 Å². The molecule has 0 heterocycles. The number of esters is 1. The van der Waals surface area contributed by atoms with E-state index < -0.39 is 17.8 Å². The van der Waals surface area contributed by atoms with Crippen molar-refractivity contribution in [3.05, 3.63) is 29.0 Å². The van der Waals surface area contributed by atoms with E-state index in [9.17, 15) is 9.18 Å². The van der Waals surface area contributed by atoms with Gasteiger partial charge in [-0.2, -0.15) is 0 Å². The summed E-state index contributed by atoms with van der Waals surface area (Å²) in [6.45, 7) is 1.64. The smallest absolute Gasteiger partial charge is 0.327 e. The lowest BCUT2D eigenvalue weighted by Gasteiger charge is -2.12. The van der Waals surface area contributed by atoms with E-state index in [0.717, 1.165) is 0 Å². The minimum atomic E-state index is -0.503. The van der Waals surface area contributed by atoms with Crippen LogP contribution in [0.5, 0.6) is 0 Å². The molecule has 5 heteroatoms. The number of nitrogens with one attached hydrogen (secondary N) is 1. The second-order valence-electron chi connectivity index (χ2n) is 3.02. The molecule has 0 aliphatic heterocycles. The molecule has 0 amide bonds. The van der Waals surface area contributed by atoms with Crippen molar-refractivity contribution in [2.75, 3.05) is 12.4 Å². The largest absolute Gasteiger partial charge is 0.467 e. The lowest BCUT2D eigenvalue weighted by atomic mass is 10.2. The molecule has 0 bridgehead atoms. The number of ether oxygens (including phenoxy) is 1. The predicted molar refractivity (Wildman–Crippen MR) is 56.5 cm³/mol. The summed E-state index contributed by atoms with van der Waals surface area (Å²) in [7, 11) is 1.30. The van der Waals surface area contributed by atoms with Gasteiger partial charge in [0.05, 0.1) is 12.1 Å². The number of carbonyl (C=O) groups excluding carboxylic acids is 1. The highest BCUT2D eigenvalue weighted by Crippen LogP contribution is 2.19. The van der Waals surface area contributed by atoms with Gasteiger partial charge in [0.25, 0.3) is 0 Å². The van der Waals surface area contributed by atoms with Crippen LogP contribution < -0.4 is 5.32 Å². The highest BCUT2D eigenvalue weighted by Gasteiger charge is 2.12. The Morgan fingerprint density at radius 1 is 1.60 bits per heavy atom. The molecule has 1 N–H and O–H groups in total. The second-order valence-corrected chi connectivity index (χ2v) is 3.43. The molecular weight excluding hydrogens is 221 g/mol. The van der Waals surface area contributed by atoms with Crippen molar-refractivity contribution < 1.29 is 13.9 Å². The summed E-state index contributed by atoms with van der Waals surface area (Å²) >= 11 is 5.58. The molecule has 1 atom stereocenters. The Hall–Kier alpha value is -1.29. The van der Waals surface area contributed by atoms with Crippen LogP contribution in [-0.4, -0.2) is 19.1 Å². The van der Waals surface area contributed by atoms with Gasteiger partial charge in [0.1, 0.15) is 11.9 Å². The summed E-state index contributed by atoms with van der Waals surface area (Å²) in [6, 6.07) is 3.64. The molecule has 0 aliphatic carbocycles. The minimum Gasteiger partial charge on any atom is -0.467 e. The molecule has 3 nitrogen and oxygen atoms in total. The number of methoxy groups -OCH3 is 1. The summed E-state index contributed by atoms with van der Waals surface area (Å²) in [5.41, 5.74) is 0.569. The van der Waals surface area contributed by atoms with Gasteiger partial charge in [-0.1, -0.05) is 11.6 Å². The Morgan fingerprint density at radius 3 is 2.80 bits per heavy atom. The number of anilines is 1. The zero-order valence-corrected chi connectivity index (χ0v) is 9.14. The maximum atomic E-state index is 12.8. The Labute approximate surface area is 92.2 Å². The normalized spacial score (nSPS) is 12.0. The molecule has 82 valence electrons. The van der Waals surface area contributed by atoms with E-state index in [-0.39, 0.29) is 5.02 Å². The van der Waals surface area contributed by atoms with Gasteiger partial charge in [-0.25, -0.2) is 9.18 Å².